The van der Waals surface area contributed by atoms with Gasteiger partial charge in [0, 0.05) is 12.5 Å². The summed E-state index contributed by atoms with van der Waals surface area (Å²) in [6, 6.07) is 4.14. The molecule has 1 saturated heterocycles. The SMILES string of the molecule is CCC.O=C(CNC(=O)C(=O)Nc1ccccc1F)NC(CC1CCCNC1=O)C(=O)CO. The largest absolute Gasteiger partial charge is 0.389 e. The molecule has 0 radical (unpaired) electrons. The predicted octanol–water partition coefficient (Wildman–Crippen LogP) is 0.259. The molecular weight excluding hydrogens is 435 g/mol. The van der Waals surface area contributed by atoms with E-state index >= 15 is 0 Å². The van der Waals surface area contributed by atoms with Crippen molar-refractivity contribution >= 4 is 35.1 Å². The fourth-order valence-corrected chi connectivity index (χ4v) is 2.95. The van der Waals surface area contributed by atoms with E-state index in [4.69, 9.17) is 5.11 Å². The average Bonchev–Trinajstić information content (AvgIpc) is 2.79. The number of nitrogens with one attached hydrogen (secondary N) is 4. The molecule has 5 N–H and O–H groups in total. The molecule has 2 rings (SSSR count). The summed E-state index contributed by atoms with van der Waals surface area (Å²) in [6.45, 7) is 3.34. The van der Waals surface area contributed by atoms with Crippen LogP contribution >= 0.6 is 0 Å². The number of amides is 4. The van der Waals surface area contributed by atoms with Crippen molar-refractivity contribution in [3.05, 3.63) is 30.1 Å². The summed E-state index contributed by atoms with van der Waals surface area (Å²) in [5.74, 6) is -5.26. The molecule has 0 aromatic heterocycles. The third-order valence-corrected chi connectivity index (χ3v) is 4.54. The minimum atomic E-state index is -1.18. The molecular formula is C22H31FN4O6. The lowest BCUT2D eigenvalue weighted by atomic mass is 9.90. The van der Waals surface area contributed by atoms with Crippen LogP contribution in [-0.2, 0) is 24.0 Å². The van der Waals surface area contributed by atoms with E-state index < -0.39 is 54.4 Å². The van der Waals surface area contributed by atoms with Crippen molar-refractivity contribution in [3.63, 3.8) is 0 Å². The van der Waals surface area contributed by atoms with Crippen LogP contribution in [0.3, 0.4) is 0 Å². The van der Waals surface area contributed by atoms with Gasteiger partial charge in [-0.3, -0.25) is 24.0 Å². The molecule has 1 aliphatic heterocycles. The highest BCUT2D eigenvalue weighted by atomic mass is 19.1. The normalized spacial score (nSPS) is 15.8. The Morgan fingerprint density at radius 1 is 1.18 bits per heavy atom. The predicted molar refractivity (Wildman–Crippen MR) is 118 cm³/mol. The number of halogens is 1. The zero-order chi connectivity index (χ0) is 24.8. The summed E-state index contributed by atoms with van der Waals surface area (Å²) in [5.41, 5.74) is -0.193. The minimum Gasteiger partial charge on any atom is -0.389 e. The van der Waals surface area contributed by atoms with E-state index in [0.29, 0.717) is 13.0 Å². The summed E-state index contributed by atoms with van der Waals surface area (Å²) < 4.78 is 13.5. The van der Waals surface area contributed by atoms with Crippen molar-refractivity contribution in [2.24, 2.45) is 5.92 Å². The van der Waals surface area contributed by atoms with Crippen LogP contribution in [0.4, 0.5) is 10.1 Å². The number of aliphatic hydroxyl groups is 1. The number of piperidine rings is 1. The quantitative estimate of drug-likeness (QED) is 0.346. The molecule has 1 aromatic carbocycles. The third-order valence-electron chi connectivity index (χ3n) is 4.54. The zero-order valence-electron chi connectivity index (χ0n) is 18.8. The summed E-state index contributed by atoms with van der Waals surface area (Å²) in [7, 11) is 0. The second-order valence-electron chi connectivity index (χ2n) is 7.43. The first-order chi connectivity index (χ1) is 15.7. The molecule has 33 heavy (non-hydrogen) atoms. The smallest absolute Gasteiger partial charge is 0.313 e. The molecule has 10 nitrogen and oxygen atoms in total. The lowest BCUT2D eigenvalue weighted by molar-refractivity contribution is -0.137. The van der Waals surface area contributed by atoms with Gasteiger partial charge in [-0.1, -0.05) is 32.4 Å². The van der Waals surface area contributed by atoms with Crippen LogP contribution in [0.15, 0.2) is 24.3 Å². The number of Topliss-reactive ketones (excluding diaryl/α,β-unsaturated/α-hetero) is 1. The monoisotopic (exact) mass is 466 g/mol. The number of aliphatic hydroxyl groups excluding tert-OH is 1. The van der Waals surface area contributed by atoms with Crippen LogP contribution in [0.2, 0.25) is 0 Å². The Labute approximate surface area is 191 Å². The van der Waals surface area contributed by atoms with E-state index in [0.717, 1.165) is 12.5 Å². The minimum absolute atomic E-state index is 0.0126. The number of rotatable bonds is 8. The van der Waals surface area contributed by atoms with Gasteiger partial charge in [-0.2, -0.15) is 0 Å². The second-order valence-corrected chi connectivity index (χ2v) is 7.43. The Hall–Kier alpha value is -3.34. The van der Waals surface area contributed by atoms with Crippen molar-refractivity contribution in [3.8, 4) is 0 Å². The molecule has 182 valence electrons. The molecule has 1 fully saturated rings. The van der Waals surface area contributed by atoms with Gasteiger partial charge in [0.2, 0.25) is 11.8 Å². The Kier molecular flexibility index (Phi) is 12.3. The van der Waals surface area contributed by atoms with Crippen molar-refractivity contribution in [1.82, 2.24) is 16.0 Å². The van der Waals surface area contributed by atoms with E-state index in [1.54, 1.807) is 0 Å². The van der Waals surface area contributed by atoms with E-state index in [-0.39, 0.29) is 18.0 Å². The zero-order valence-corrected chi connectivity index (χ0v) is 18.8. The maximum Gasteiger partial charge on any atom is 0.313 e. The number of hydrogen-bond donors (Lipinski definition) is 5. The van der Waals surface area contributed by atoms with Crippen molar-refractivity contribution in [2.45, 2.75) is 45.6 Å². The first-order valence-electron chi connectivity index (χ1n) is 10.8. The molecule has 0 bridgehead atoms. The van der Waals surface area contributed by atoms with E-state index in [1.165, 1.54) is 24.6 Å². The summed E-state index contributed by atoms with van der Waals surface area (Å²) >= 11 is 0. The van der Waals surface area contributed by atoms with Crippen LogP contribution in [-0.4, -0.2) is 60.3 Å². The van der Waals surface area contributed by atoms with Gasteiger partial charge in [0.05, 0.1) is 18.3 Å². The van der Waals surface area contributed by atoms with Crippen LogP contribution in [0.25, 0.3) is 0 Å². The van der Waals surface area contributed by atoms with E-state index in [2.05, 4.69) is 35.1 Å². The Morgan fingerprint density at radius 2 is 1.85 bits per heavy atom. The molecule has 4 amide bonds. The molecule has 1 aliphatic rings. The maximum absolute atomic E-state index is 13.5. The first-order valence-corrected chi connectivity index (χ1v) is 10.8. The lowest BCUT2D eigenvalue weighted by Crippen LogP contribution is -2.50. The maximum atomic E-state index is 13.5. The number of para-hydroxylation sites is 1. The van der Waals surface area contributed by atoms with Gasteiger partial charge >= 0.3 is 11.8 Å². The van der Waals surface area contributed by atoms with Gasteiger partial charge in [0.25, 0.3) is 0 Å². The molecule has 0 saturated carbocycles. The number of ketones is 1. The van der Waals surface area contributed by atoms with Gasteiger partial charge in [-0.05, 0) is 31.4 Å². The van der Waals surface area contributed by atoms with Crippen molar-refractivity contribution in [1.29, 1.82) is 0 Å². The Bertz CT molecular complexity index is 848. The second kappa shape index (κ2) is 14.7. The van der Waals surface area contributed by atoms with Crippen LogP contribution in [0, 0.1) is 11.7 Å². The van der Waals surface area contributed by atoms with Gasteiger partial charge in [0.1, 0.15) is 12.4 Å². The van der Waals surface area contributed by atoms with Crippen LogP contribution in [0.5, 0.6) is 0 Å². The topological polar surface area (TPSA) is 154 Å². The number of carbonyl (C=O) groups excluding carboxylic acids is 5. The number of carbonyl (C=O) groups is 5. The lowest BCUT2D eigenvalue weighted by Gasteiger charge is -2.26. The molecule has 1 aromatic rings. The van der Waals surface area contributed by atoms with Crippen molar-refractivity contribution in [2.75, 3.05) is 25.0 Å². The number of anilines is 1. The molecule has 11 heteroatoms. The Balaban J connectivity index is 0.00000172. The van der Waals surface area contributed by atoms with Crippen molar-refractivity contribution < 1.29 is 33.5 Å². The summed E-state index contributed by atoms with van der Waals surface area (Å²) in [6.07, 6.45) is 2.54. The highest BCUT2D eigenvalue weighted by molar-refractivity contribution is 6.39. The van der Waals surface area contributed by atoms with Gasteiger partial charge in [0.15, 0.2) is 5.78 Å². The molecule has 2 unspecified atom stereocenters. The molecule has 2 atom stereocenters. The molecule has 0 aliphatic carbocycles. The summed E-state index contributed by atoms with van der Waals surface area (Å²) in [4.78, 5) is 59.5. The van der Waals surface area contributed by atoms with E-state index in [9.17, 15) is 28.4 Å². The highest BCUT2D eigenvalue weighted by Gasteiger charge is 2.29. The fourth-order valence-electron chi connectivity index (χ4n) is 2.95. The van der Waals surface area contributed by atoms with Gasteiger partial charge < -0.3 is 26.4 Å². The number of hydrogen-bond acceptors (Lipinski definition) is 6. The average molecular weight is 467 g/mol. The summed E-state index contributed by atoms with van der Waals surface area (Å²) in [5, 5.41) is 18.3. The fraction of sp³-hybridized carbons (Fsp3) is 0.500. The standard InChI is InChI=1S/C19H23FN4O6.C3H8/c20-12-5-1-2-6-13(12)24-19(30)18(29)22-9-16(27)23-14(15(26)10-25)8-11-4-3-7-21-17(11)28;1-3-2/h1-2,5-6,11,14,25H,3-4,7-10H2,(H,21,28)(H,22,29)(H,23,27)(H,24,30);3H2,1-2H3. The molecule has 0 spiro atoms. The Morgan fingerprint density at radius 3 is 2.45 bits per heavy atom. The third kappa shape index (κ3) is 9.77. The van der Waals surface area contributed by atoms with Gasteiger partial charge in [-0.25, -0.2) is 4.39 Å². The van der Waals surface area contributed by atoms with Crippen LogP contribution in [0.1, 0.15) is 39.5 Å². The first kappa shape index (κ1) is 27.7. The van der Waals surface area contributed by atoms with Crippen LogP contribution < -0.4 is 21.3 Å². The number of benzene rings is 1. The van der Waals surface area contributed by atoms with E-state index in [1.807, 2.05) is 0 Å². The van der Waals surface area contributed by atoms with Gasteiger partial charge in [-0.15, -0.1) is 0 Å². The highest BCUT2D eigenvalue weighted by Crippen LogP contribution is 2.18. The molecule has 1 heterocycles.